The molecule has 0 saturated carbocycles. The van der Waals surface area contributed by atoms with E-state index in [9.17, 15) is 4.79 Å². The van der Waals surface area contributed by atoms with E-state index in [0.29, 0.717) is 31.9 Å². The molecule has 4 heterocycles. The average molecular weight is 393 g/mol. The highest BCUT2D eigenvalue weighted by Crippen LogP contribution is 2.44. The smallest absolute Gasteiger partial charge is 0.254 e. The van der Waals surface area contributed by atoms with Crippen molar-refractivity contribution in [3.63, 3.8) is 0 Å². The predicted octanol–water partition coefficient (Wildman–Crippen LogP) is 2.14. The van der Waals surface area contributed by atoms with Crippen LogP contribution in [-0.2, 0) is 16.6 Å². The Balaban J connectivity index is 1.40. The van der Waals surface area contributed by atoms with Crippen molar-refractivity contribution in [1.29, 1.82) is 0 Å². The Bertz CT molecular complexity index is 923. The third kappa shape index (κ3) is 3.37. The quantitative estimate of drug-likeness (QED) is 0.779. The second-order valence-corrected chi connectivity index (χ2v) is 8.40. The number of aromatic nitrogens is 3. The lowest BCUT2D eigenvalue weighted by atomic mass is 9.77. The Hall–Kier alpha value is -2.54. The van der Waals surface area contributed by atoms with Crippen molar-refractivity contribution in [3.8, 4) is 0 Å². The number of amides is 1. The van der Waals surface area contributed by atoms with Crippen LogP contribution in [0.2, 0.25) is 0 Å². The number of hydrogen-bond acceptors (Lipinski definition) is 6. The van der Waals surface area contributed by atoms with Gasteiger partial charge in [0, 0.05) is 49.6 Å². The van der Waals surface area contributed by atoms with Crippen LogP contribution >= 0.6 is 0 Å². The number of hydrogen-bond donors (Lipinski definition) is 0. The standard InChI is InChI=1S/C22H27N5O2/c1-16-24-14-18-3-6-22(20(18)25-16)5-2-8-27(15-22)19-13-17(4-7-23-19)21(28)26-9-11-29-12-10-26/h4,7,13-14H,2-3,5-6,8-12,15H2,1H3. The molecule has 2 fully saturated rings. The van der Waals surface area contributed by atoms with E-state index in [4.69, 9.17) is 9.72 Å². The number of carbonyl (C=O) groups excluding carboxylic acids is 1. The molecular weight excluding hydrogens is 366 g/mol. The Kier molecular flexibility index (Phi) is 4.70. The highest BCUT2D eigenvalue weighted by Gasteiger charge is 2.44. The summed E-state index contributed by atoms with van der Waals surface area (Å²) in [4.78, 5) is 30.9. The second-order valence-electron chi connectivity index (χ2n) is 8.40. The molecule has 0 radical (unpaired) electrons. The summed E-state index contributed by atoms with van der Waals surface area (Å²) in [6, 6.07) is 3.78. The van der Waals surface area contributed by atoms with E-state index in [-0.39, 0.29) is 11.3 Å². The summed E-state index contributed by atoms with van der Waals surface area (Å²) < 4.78 is 5.37. The summed E-state index contributed by atoms with van der Waals surface area (Å²) in [5.41, 5.74) is 3.31. The fourth-order valence-corrected chi connectivity index (χ4v) is 5.03. The molecule has 7 heteroatoms. The summed E-state index contributed by atoms with van der Waals surface area (Å²) in [5, 5.41) is 0. The van der Waals surface area contributed by atoms with Crippen molar-refractivity contribution in [1.82, 2.24) is 19.9 Å². The van der Waals surface area contributed by atoms with Gasteiger partial charge in [-0.3, -0.25) is 4.79 Å². The number of pyridine rings is 1. The van der Waals surface area contributed by atoms with Gasteiger partial charge in [0.05, 0.1) is 18.9 Å². The van der Waals surface area contributed by atoms with Gasteiger partial charge in [-0.15, -0.1) is 0 Å². The van der Waals surface area contributed by atoms with E-state index in [1.165, 1.54) is 11.3 Å². The third-order valence-electron chi connectivity index (χ3n) is 6.55. The van der Waals surface area contributed by atoms with Crippen LogP contribution in [0.5, 0.6) is 0 Å². The SMILES string of the molecule is Cc1ncc2c(n1)C1(CCCN(c3cc(C(=O)N4CCOCC4)ccn3)C1)CC2. The summed E-state index contributed by atoms with van der Waals surface area (Å²) in [7, 11) is 0. The molecule has 1 unspecified atom stereocenters. The van der Waals surface area contributed by atoms with E-state index in [2.05, 4.69) is 14.9 Å². The zero-order chi connectivity index (χ0) is 19.8. The molecule has 1 spiro atoms. The van der Waals surface area contributed by atoms with Crippen molar-refractivity contribution in [2.45, 2.75) is 38.0 Å². The molecule has 1 amide bonds. The minimum Gasteiger partial charge on any atom is -0.378 e. The van der Waals surface area contributed by atoms with Crippen LogP contribution in [0.1, 0.15) is 46.7 Å². The van der Waals surface area contributed by atoms with E-state index >= 15 is 0 Å². The molecule has 0 N–H and O–H groups in total. The maximum absolute atomic E-state index is 12.9. The zero-order valence-corrected chi connectivity index (χ0v) is 16.9. The number of morpholine rings is 1. The van der Waals surface area contributed by atoms with Crippen LogP contribution in [-0.4, -0.2) is 65.2 Å². The van der Waals surface area contributed by atoms with E-state index in [1.54, 1.807) is 6.20 Å². The number of piperidine rings is 1. The van der Waals surface area contributed by atoms with Crippen molar-refractivity contribution in [2.75, 3.05) is 44.3 Å². The first-order chi connectivity index (χ1) is 14.1. The van der Waals surface area contributed by atoms with Gasteiger partial charge >= 0.3 is 0 Å². The first-order valence-corrected chi connectivity index (χ1v) is 10.6. The number of rotatable bonds is 2. The summed E-state index contributed by atoms with van der Waals surface area (Å²) >= 11 is 0. The Morgan fingerprint density at radius 3 is 2.90 bits per heavy atom. The van der Waals surface area contributed by atoms with Gasteiger partial charge in [-0.2, -0.15) is 0 Å². The maximum atomic E-state index is 12.9. The highest BCUT2D eigenvalue weighted by molar-refractivity contribution is 5.95. The van der Waals surface area contributed by atoms with Crippen LogP contribution in [0.4, 0.5) is 5.82 Å². The molecule has 2 aromatic rings. The lowest BCUT2D eigenvalue weighted by Gasteiger charge is -2.41. The molecule has 2 aromatic heterocycles. The van der Waals surface area contributed by atoms with Crippen LogP contribution in [0.25, 0.3) is 0 Å². The first-order valence-electron chi connectivity index (χ1n) is 10.6. The lowest BCUT2D eigenvalue weighted by Crippen LogP contribution is -2.46. The molecule has 5 rings (SSSR count). The summed E-state index contributed by atoms with van der Waals surface area (Å²) in [5.74, 6) is 1.80. The Morgan fingerprint density at radius 1 is 1.17 bits per heavy atom. The lowest BCUT2D eigenvalue weighted by molar-refractivity contribution is 0.0303. The second kappa shape index (κ2) is 7.37. The molecule has 29 heavy (non-hydrogen) atoms. The minimum atomic E-state index is 0.0678. The number of anilines is 1. The van der Waals surface area contributed by atoms with Crippen molar-refractivity contribution in [3.05, 3.63) is 47.2 Å². The Morgan fingerprint density at radius 2 is 2.03 bits per heavy atom. The van der Waals surface area contributed by atoms with Crippen LogP contribution in [0.15, 0.2) is 24.5 Å². The van der Waals surface area contributed by atoms with Gasteiger partial charge in [0.25, 0.3) is 5.91 Å². The highest BCUT2D eigenvalue weighted by atomic mass is 16.5. The molecule has 0 aromatic carbocycles. The molecular formula is C22H27N5O2. The normalized spacial score (nSPS) is 24.0. The van der Waals surface area contributed by atoms with Gasteiger partial charge in [-0.1, -0.05) is 0 Å². The van der Waals surface area contributed by atoms with Crippen molar-refractivity contribution in [2.24, 2.45) is 0 Å². The first kappa shape index (κ1) is 18.5. The molecule has 1 aliphatic carbocycles. The number of carbonyl (C=O) groups is 1. The van der Waals surface area contributed by atoms with Gasteiger partial charge in [-0.25, -0.2) is 15.0 Å². The van der Waals surface area contributed by atoms with Crippen LogP contribution in [0, 0.1) is 6.92 Å². The number of ether oxygens (including phenoxy) is 1. The molecule has 3 aliphatic rings. The molecule has 1 atom stereocenters. The van der Waals surface area contributed by atoms with Gasteiger partial charge < -0.3 is 14.5 Å². The topological polar surface area (TPSA) is 71.5 Å². The minimum absolute atomic E-state index is 0.0678. The summed E-state index contributed by atoms with van der Waals surface area (Å²) in [6.07, 6.45) is 8.19. The average Bonchev–Trinajstić information content (AvgIpc) is 3.11. The monoisotopic (exact) mass is 393 g/mol. The van der Waals surface area contributed by atoms with Crippen molar-refractivity contribution < 1.29 is 9.53 Å². The van der Waals surface area contributed by atoms with Gasteiger partial charge in [0.1, 0.15) is 11.6 Å². The summed E-state index contributed by atoms with van der Waals surface area (Å²) in [6.45, 7) is 6.35. The molecule has 2 saturated heterocycles. The molecule has 7 nitrogen and oxygen atoms in total. The van der Waals surface area contributed by atoms with Crippen molar-refractivity contribution >= 4 is 11.7 Å². The van der Waals surface area contributed by atoms with Gasteiger partial charge in [0.2, 0.25) is 0 Å². The number of nitrogens with zero attached hydrogens (tertiary/aromatic N) is 5. The number of fused-ring (bicyclic) bond motifs is 2. The predicted molar refractivity (Wildman–Crippen MR) is 109 cm³/mol. The van der Waals surface area contributed by atoms with E-state index in [0.717, 1.165) is 50.4 Å². The largest absolute Gasteiger partial charge is 0.378 e. The fraction of sp³-hybridized carbons (Fsp3) is 0.545. The van der Waals surface area contributed by atoms with Gasteiger partial charge in [-0.05, 0) is 50.3 Å². The fourth-order valence-electron chi connectivity index (χ4n) is 5.03. The number of aryl methyl sites for hydroxylation is 2. The van der Waals surface area contributed by atoms with E-state index in [1.807, 2.05) is 30.2 Å². The molecule has 0 bridgehead atoms. The molecule has 152 valence electrons. The van der Waals surface area contributed by atoms with Crippen LogP contribution < -0.4 is 4.90 Å². The molecule has 2 aliphatic heterocycles. The van der Waals surface area contributed by atoms with E-state index < -0.39 is 0 Å². The Labute approximate surface area is 171 Å². The van der Waals surface area contributed by atoms with Gasteiger partial charge in [0.15, 0.2) is 0 Å². The zero-order valence-electron chi connectivity index (χ0n) is 16.9. The van der Waals surface area contributed by atoms with Crippen LogP contribution in [0.3, 0.4) is 0 Å². The maximum Gasteiger partial charge on any atom is 0.254 e. The third-order valence-corrected chi connectivity index (χ3v) is 6.55.